The van der Waals surface area contributed by atoms with E-state index in [1.807, 2.05) is 38.1 Å². The molecular weight excluding hydrogens is 322 g/mol. The Morgan fingerprint density at radius 2 is 2.08 bits per heavy atom. The molecule has 0 atom stereocenters. The first-order valence-electron chi connectivity index (χ1n) is 8.42. The van der Waals surface area contributed by atoms with Gasteiger partial charge in [-0.05, 0) is 12.1 Å². The zero-order chi connectivity index (χ0) is 17.9. The van der Waals surface area contributed by atoms with Gasteiger partial charge in [-0.15, -0.1) is 0 Å². The topological polar surface area (TPSA) is 86.5 Å². The average Bonchev–Trinajstić information content (AvgIpc) is 3.13. The van der Waals surface area contributed by atoms with Gasteiger partial charge in [-0.3, -0.25) is 4.79 Å². The van der Waals surface area contributed by atoms with Gasteiger partial charge < -0.3 is 19.3 Å². The molecular formula is C18H23N3O4. The number of carbonyl (C=O) groups is 1. The highest BCUT2D eigenvalue weighted by molar-refractivity contribution is 5.92. The number of methoxy groups -OCH3 is 1. The van der Waals surface area contributed by atoms with Crippen molar-refractivity contribution in [3.63, 3.8) is 0 Å². The van der Waals surface area contributed by atoms with Crippen molar-refractivity contribution in [2.75, 3.05) is 25.6 Å². The van der Waals surface area contributed by atoms with E-state index in [2.05, 4.69) is 15.5 Å². The summed E-state index contributed by atoms with van der Waals surface area (Å²) in [5, 5.41) is 6.96. The van der Waals surface area contributed by atoms with Crippen molar-refractivity contribution in [1.29, 1.82) is 0 Å². The third-order valence-electron chi connectivity index (χ3n) is 4.42. The van der Waals surface area contributed by atoms with E-state index in [9.17, 15) is 4.79 Å². The van der Waals surface area contributed by atoms with Crippen molar-refractivity contribution in [2.24, 2.45) is 5.92 Å². The molecule has 7 heteroatoms. The first-order chi connectivity index (χ1) is 12.0. The van der Waals surface area contributed by atoms with Crippen LogP contribution in [0.15, 0.2) is 28.8 Å². The molecule has 134 valence electrons. The summed E-state index contributed by atoms with van der Waals surface area (Å²) in [6.45, 7) is 4.90. The number of carbonyl (C=O) groups excluding carboxylic acids is 1. The predicted molar refractivity (Wildman–Crippen MR) is 91.9 cm³/mol. The highest BCUT2D eigenvalue weighted by Crippen LogP contribution is 2.35. The number of hydrogen-bond acceptors (Lipinski definition) is 6. The minimum absolute atomic E-state index is 0.0357. The van der Waals surface area contributed by atoms with Crippen molar-refractivity contribution < 1.29 is 18.8 Å². The van der Waals surface area contributed by atoms with Crippen LogP contribution < -0.4 is 5.32 Å². The Bertz CT molecular complexity index is 735. The standard InChI is InChI=1S/C18H23N3O4/c1-12(2)16(22)19-14-6-4-5-13(11-14)15-20-17(25-21-15)18(23-3)7-9-24-10-8-18/h4-6,11-12H,7-10H2,1-3H3,(H,19,22). The Hall–Kier alpha value is -2.25. The third kappa shape index (κ3) is 3.72. The molecule has 0 saturated carbocycles. The van der Waals surface area contributed by atoms with E-state index in [-0.39, 0.29) is 11.8 Å². The van der Waals surface area contributed by atoms with E-state index in [0.717, 1.165) is 5.56 Å². The van der Waals surface area contributed by atoms with E-state index in [4.69, 9.17) is 14.0 Å². The molecule has 0 spiro atoms. The maximum atomic E-state index is 11.9. The van der Waals surface area contributed by atoms with Crippen molar-refractivity contribution in [3.8, 4) is 11.4 Å². The Morgan fingerprint density at radius 3 is 2.76 bits per heavy atom. The molecule has 1 N–H and O–H groups in total. The van der Waals surface area contributed by atoms with Crippen molar-refractivity contribution in [1.82, 2.24) is 10.1 Å². The van der Waals surface area contributed by atoms with Crippen molar-refractivity contribution in [2.45, 2.75) is 32.3 Å². The zero-order valence-corrected chi connectivity index (χ0v) is 14.7. The Morgan fingerprint density at radius 1 is 1.32 bits per heavy atom. The number of aromatic nitrogens is 2. The molecule has 2 heterocycles. The molecule has 7 nitrogen and oxygen atoms in total. The molecule has 1 amide bonds. The van der Waals surface area contributed by atoms with Gasteiger partial charge in [0, 0.05) is 50.3 Å². The highest BCUT2D eigenvalue weighted by atomic mass is 16.5. The van der Waals surface area contributed by atoms with Crippen LogP contribution in [0.25, 0.3) is 11.4 Å². The second-order valence-electron chi connectivity index (χ2n) is 6.46. The zero-order valence-electron chi connectivity index (χ0n) is 14.7. The van der Waals surface area contributed by atoms with Crippen molar-refractivity contribution in [3.05, 3.63) is 30.2 Å². The van der Waals surface area contributed by atoms with Crippen LogP contribution in [0.3, 0.4) is 0 Å². The third-order valence-corrected chi connectivity index (χ3v) is 4.42. The number of nitrogens with zero attached hydrogens (tertiary/aromatic N) is 2. The van der Waals surface area contributed by atoms with Gasteiger partial charge in [0.2, 0.25) is 11.7 Å². The summed E-state index contributed by atoms with van der Waals surface area (Å²) in [7, 11) is 1.65. The van der Waals surface area contributed by atoms with E-state index in [1.165, 1.54) is 0 Å². The molecule has 1 aliphatic heterocycles. The molecule has 0 radical (unpaired) electrons. The van der Waals surface area contributed by atoms with E-state index in [0.29, 0.717) is 43.5 Å². The molecule has 1 aromatic carbocycles. The quantitative estimate of drug-likeness (QED) is 0.896. The highest BCUT2D eigenvalue weighted by Gasteiger charge is 2.40. The minimum atomic E-state index is -0.590. The fourth-order valence-electron chi connectivity index (χ4n) is 2.75. The molecule has 1 aliphatic rings. The number of benzene rings is 1. The Labute approximate surface area is 146 Å². The smallest absolute Gasteiger partial charge is 0.259 e. The monoisotopic (exact) mass is 345 g/mol. The minimum Gasteiger partial charge on any atom is -0.381 e. The lowest BCUT2D eigenvalue weighted by Gasteiger charge is -2.32. The summed E-state index contributed by atoms with van der Waals surface area (Å²) >= 11 is 0. The summed E-state index contributed by atoms with van der Waals surface area (Å²) in [5.74, 6) is 0.811. The molecule has 1 aromatic heterocycles. The SMILES string of the molecule is COC1(c2nc(-c3cccc(NC(=O)C(C)C)c3)no2)CCOCC1. The first kappa shape index (κ1) is 17.6. The molecule has 0 aliphatic carbocycles. The van der Waals surface area contributed by atoms with Crippen LogP contribution in [0.2, 0.25) is 0 Å². The number of hydrogen-bond donors (Lipinski definition) is 1. The number of amides is 1. The molecule has 2 aromatic rings. The lowest BCUT2D eigenvalue weighted by Crippen LogP contribution is -2.35. The Kier molecular flexibility index (Phi) is 5.15. The maximum absolute atomic E-state index is 11.9. The first-order valence-corrected chi connectivity index (χ1v) is 8.42. The number of anilines is 1. The van der Waals surface area contributed by atoms with Crippen LogP contribution >= 0.6 is 0 Å². The van der Waals surface area contributed by atoms with Gasteiger partial charge in [-0.1, -0.05) is 31.1 Å². The maximum Gasteiger partial charge on any atom is 0.259 e. The van der Waals surface area contributed by atoms with Gasteiger partial charge in [0.15, 0.2) is 5.60 Å². The van der Waals surface area contributed by atoms with Crippen molar-refractivity contribution >= 4 is 11.6 Å². The molecule has 3 rings (SSSR count). The predicted octanol–water partition coefficient (Wildman–Crippen LogP) is 2.98. The largest absolute Gasteiger partial charge is 0.381 e. The van der Waals surface area contributed by atoms with Gasteiger partial charge in [0.1, 0.15) is 0 Å². The summed E-state index contributed by atoms with van der Waals surface area (Å²) in [4.78, 5) is 16.4. The summed E-state index contributed by atoms with van der Waals surface area (Å²) < 4.78 is 16.6. The van der Waals surface area contributed by atoms with Gasteiger partial charge in [0.25, 0.3) is 5.89 Å². The van der Waals surface area contributed by atoms with Crippen LogP contribution in [0.5, 0.6) is 0 Å². The van der Waals surface area contributed by atoms with Crippen LogP contribution in [0.4, 0.5) is 5.69 Å². The van der Waals surface area contributed by atoms with Crippen LogP contribution in [0.1, 0.15) is 32.6 Å². The second kappa shape index (κ2) is 7.33. The van der Waals surface area contributed by atoms with E-state index >= 15 is 0 Å². The molecule has 1 fully saturated rings. The van der Waals surface area contributed by atoms with Crippen LogP contribution in [-0.4, -0.2) is 36.4 Å². The number of ether oxygens (including phenoxy) is 2. The lowest BCUT2D eigenvalue weighted by molar-refractivity contribution is -0.118. The number of nitrogens with one attached hydrogen (secondary N) is 1. The summed E-state index contributed by atoms with van der Waals surface area (Å²) in [6.07, 6.45) is 1.35. The number of rotatable bonds is 5. The van der Waals surface area contributed by atoms with Gasteiger partial charge in [-0.25, -0.2) is 0 Å². The molecule has 0 bridgehead atoms. The lowest BCUT2D eigenvalue weighted by atomic mass is 9.94. The second-order valence-corrected chi connectivity index (χ2v) is 6.46. The molecule has 25 heavy (non-hydrogen) atoms. The van der Waals surface area contributed by atoms with E-state index in [1.54, 1.807) is 7.11 Å². The fourth-order valence-corrected chi connectivity index (χ4v) is 2.75. The van der Waals surface area contributed by atoms with Gasteiger partial charge >= 0.3 is 0 Å². The van der Waals surface area contributed by atoms with Gasteiger partial charge in [0.05, 0.1) is 0 Å². The normalized spacial score (nSPS) is 16.8. The molecule has 0 unspecified atom stereocenters. The van der Waals surface area contributed by atoms with Gasteiger partial charge in [-0.2, -0.15) is 4.98 Å². The summed E-state index contributed by atoms with van der Waals surface area (Å²) in [6, 6.07) is 7.39. The summed E-state index contributed by atoms with van der Waals surface area (Å²) in [5.41, 5.74) is 0.886. The van der Waals surface area contributed by atoms with Crippen LogP contribution in [0, 0.1) is 5.92 Å². The average molecular weight is 345 g/mol. The molecule has 1 saturated heterocycles. The fraction of sp³-hybridized carbons (Fsp3) is 0.500. The Balaban J connectivity index is 1.83. The van der Waals surface area contributed by atoms with Crippen LogP contribution in [-0.2, 0) is 19.9 Å². The van der Waals surface area contributed by atoms with E-state index < -0.39 is 5.60 Å².